The lowest BCUT2D eigenvalue weighted by atomic mass is 9.86. The van der Waals surface area contributed by atoms with E-state index in [4.69, 9.17) is 24.7 Å². The van der Waals surface area contributed by atoms with Crippen molar-refractivity contribution in [3.05, 3.63) is 53.6 Å². The number of carbonyl (C=O) groups excluding carboxylic acids is 2. The Balaban J connectivity index is 2.62. The van der Waals surface area contributed by atoms with Crippen LogP contribution in [0.1, 0.15) is 45.8 Å². The van der Waals surface area contributed by atoms with Crippen molar-refractivity contribution in [2.24, 2.45) is 23.5 Å². The van der Waals surface area contributed by atoms with Gasteiger partial charge in [-0.2, -0.15) is 0 Å². The van der Waals surface area contributed by atoms with Crippen LogP contribution >= 0.6 is 0 Å². The summed E-state index contributed by atoms with van der Waals surface area (Å²) >= 11 is 0. The molecule has 2 bridgehead atoms. The molecular weight excluding hydrogens is 504 g/mol. The van der Waals surface area contributed by atoms with E-state index in [-0.39, 0.29) is 47.1 Å². The van der Waals surface area contributed by atoms with E-state index in [1.807, 2.05) is 26.8 Å². The SMILES string of the molecule is CO[C@H]1[C@@H](OC)C[C@H](C)[C@@H](OC)c2cc(O)cc(c2O)NC(=O)/C(C)=C/C=C\[C@H](C)[C@@H](OC(N)=O)/C=C/[C@@H]1C. The lowest BCUT2D eigenvalue weighted by molar-refractivity contribution is -0.112. The molecule has 7 atom stereocenters. The molecule has 2 rings (SSSR count). The number of nitrogens with two attached hydrogens (primary N) is 1. The fraction of sp³-hybridized carbons (Fsp3) is 0.517. The summed E-state index contributed by atoms with van der Waals surface area (Å²) in [4.78, 5) is 24.4. The topological polar surface area (TPSA) is 150 Å². The van der Waals surface area contributed by atoms with Crippen molar-refractivity contribution in [2.75, 3.05) is 26.6 Å². The largest absolute Gasteiger partial charge is 0.508 e. The highest BCUT2D eigenvalue weighted by Gasteiger charge is 2.32. The van der Waals surface area contributed by atoms with Crippen molar-refractivity contribution >= 4 is 17.7 Å². The molecule has 10 heteroatoms. The Labute approximate surface area is 230 Å². The number of primary amides is 1. The van der Waals surface area contributed by atoms with Gasteiger partial charge in [-0.3, -0.25) is 4.79 Å². The standard InChI is InChI=1S/C29H42N2O8/c1-16-9-8-10-18(3)28(34)31-22-15-20(32)14-21(25(22)33)26(37-6)19(4)13-24(36-5)27(38-7)17(2)11-12-23(16)39-29(30)35/h8-12,14-17,19,23-24,26-27,32-33H,13H2,1-7H3,(H2,30,35)(H,31,34)/b9-8-,12-11+,18-10+/t16-,17-,19-,23-,24-,26+,27+/m0/s1. The van der Waals surface area contributed by atoms with Gasteiger partial charge in [0.15, 0.2) is 0 Å². The summed E-state index contributed by atoms with van der Waals surface area (Å²) in [6, 6.07) is 2.70. The molecule has 1 aromatic carbocycles. The summed E-state index contributed by atoms with van der Waals surface area (Å²) in [5.41, 5.74) is 6.05. The number of hydrogen-bond acceptors (Lipinski definition) is 8. The molecular formula is C29H42N2O8. The minimum absolute atomic E-state index is 0.0538. The lowest BCUT2D eigenvalue weighted by Crippen LogP contribution is -2.37. The van der Waals surface area contributed by atoms with E-state index in [2.05, 4.69) is 5.32 Å². The molecule has 5 N–H and O–H groups in total. The number of benzene rings is 1. The molecule has 1 aromatic rings. The van der Waals surface area contributed by atoms with E-state index in [1.54, 1.807) is 45.4 Å². The van der Waals surface area contributed by atoms with Crippen molar-refractivity contribution in [1.29, 1.82) is 0 Å². The number of aromatic hydroxyl groups is 2. The van der Waals surface area contributed by atoms with Gasteiger partial charge in [0, 0.05) is 50.4 Å². The average molecular weight is 547 g/mol. The summed E-state index contributed by atoms with van der Waals surface area (Å²) in [7, 11) is 4.71. The first-order valence-corrected chi connectivity index (χ1v) is 12.9. The minimum atomic E-state index is -0.899. The summed E-state index contributed by atoms with van der Waals surface area (Å²) in [5, 5.41) is 24.1. The summed E-state index contributed by atoms with van der Waals surface area (Å²) < 4.78 is 22.8. The van der Waals surface area contributed by atoms with Crippen molar-refractivity contribution in [3.63, 3.8) is 0 Å². The number of anilines is 1. The maximum Gasteiger partial charge on any atom is 0.405 e. The first kappa shape index (κ1) is 31.9. The normalized spacial score (nSPS) is 31.9. The third-order valence-corrected chi connectivity index (χ3v) is 7.01. The highest BCUT2D eigenvalue weighted by Crippen LogP contribution is 2.41. The Morgan fingerprint density at radius 2 is 1.69 bits per heavy atom. The van der Waals surface area contributed by atoms with Gasteiger partial charge in [-0.25, -0.2) is 4.79 Å². The molecule has 2 amide bonds. The van der Waals surface area contributed by atoms with Crippen LogP contribution in [0.3, 0.4) is 0 Å². The third-order valence-electron chi connectivity index (χ3n) is 7.01. The Hall–Kier alpha value is -3.34. The number of allylic oxidation sites excluding steroid dienone is 2. The first-order chi connectivity index (χ1) is 18.4. The van der Waals surface area contributed by atoms with Gasteiger partial charge in [-0.05, 0) is 31.4 Å². The monoisotopic (exact) mass is 546 g/mol. The number of rotatable bonds is 4. The van der Waals surface area contributed by atoms with E-state index in [1.165, 1.54) is 19.2 Å². The van der Waals surface area contributed by atoms with Crippen LogP contribution in [-0.4, -0.2) is 61.9 Å². The molecule has 0 fully saturated rings. The van der Waals surface area contributed by atoms with Crippen molar-refractivity contribution < 1.29 is 38.7 Å². The maximum atomic E-state index is 12.9. The summed E-state index contributed by atoms with van der Waals surface area (Å²) in [5.74, 6) is -1.42. The van der Waals surface area contributed by atoms with Crippen molar-refractivity contribution in [2.45, 2.75) is 58.5 Å². The number of carbonyl (C=O) groups is 2. The van der Waals surface area contributed by atoms with E-state index in [0.29, 0.717) is 17.6 Å². The second-order valence-electron chi connectivity index (χ2n) is 9.97. The van der Waals surface area contributed by atoms with Gasteiger partial charge in [0.25, 0.3) is 5.91 Å². The van der Waals surface area contributed by atoms with Crippen LogP contribution in [0, 0.1) is 17.8 Å². The number of amides is 2. The number of nitrogens with one attached hydrogen (secondary N) is 1. The van der Waals surface area contributed by atoms with Crippen LogP contribution in [0.2, 0.25) is 0 Å². The molecule has 1 heterocycles. The predicted molar refractivity (Wildman–Crippen MR) is 148 cm³/mol. The zero-order chi connectivity index (χ0) is 29.3. The van der Waals surface area contributed by atoms with Crippen LogP contribution in [-0.2, 0) is 23.7 Å². The fourth-order valence-electron chi connectivity index (χ4n) is 4.81. The fourth-order valence-corrected chi connectivity index (χ4v) is 4.81. The number of phenolic OH excluding ortho intramolecular Hbond substituents is 2. The number of methoxy groups -OCH3 is 3. The molecule has 0 unspecified atom stereocenters. The van der Waals surface area contributed by atoms with Crippen LogP contribution in [0.5, 0.6) is 11.5 Å². The average Bonchev–Trinajstić information content (AvgIpc) is 2.88. The number of ether oxygens (including phenoxy) is 4. The quantitative estimate of drug-likeness (QED) is 0.243. The van der Waals surface area contributed by atoms with E-state index >= 15 is 0 Å². The Kier molecular flexibility index (Phi) is 12.0. The van der Waals surface area contributed by atoms with Crippen molar-refractivity contribution in [3.8, 4) is 11.5 Å². The number of fused-ring (bicyclic) bond motifs is 2. The second-order valence-corrected chi connectivity index (χ2v) is 9.97. The van der Waals surface area contributed by atoms with Gasteiger partial charge < -0.3 is 40.2 Å². The molecule has 0 aliphatic carbocycles. The van der Waals surface area contributed by atoms with Crippen LogP contribution in [0.15, 0.2) is 48.1 Å². The van der Waals surface area contributed by atoms with Gasteiger partial charge in [0.2, 0.25) is 0 Å². The number of hydrogen-bond donors (Lipinski definition) is 4. The van der Waals surface area contributed by atoms with Crippen LogP contribution < -0.4 is 11.1 Å². The third kappa shape index (κ3) is 8.58. The van der Waals surface area contributed by atoms with E-state index < -0.39 is 24.2 Å². The zero-order valence-electron chi connectivity index (χ0n) is 23.7. The second kappa shape index (κ2) is 14.7. The molecule has 216 valence electrons. The van der Waals surface area contributed by atoms with Gasteiger partial charge in [-0.15, -0.1) is 0 Å². The Morgan fingerprint density at radius 3 is 2.28 bits per heavy atom. The smallest absolute Gasteiger partial charge is 0.405 e. The van der Waals surface area contributed by atoms with E-state index in [9.17, 15) is 19.8 Å². The molecule has 0 saturated carbocycles. The van der Waals surface area contributed by atoms with Gasteiger partial charge in [-0.1, -0.05) is 45.1 Å². The highest BCUT2D eigenvalue weighted by molar-refractivity contribution is 6.04. The van der Waals surface area contributed by atoms with Gasteiger partial charge in [0.1, 0.15) is 17.6 Å². The molecule has 10 nitrogen and oxygen atoms in total. The lowest BCUT2D eigenvalue weighted by Gasteiger charge is -2.33. The van der Waals surface area contributed by atoms with Gasteiger partial charge in [0.05, 0.1) is 24.0 Å². The van der Waals surface area contributed by atoms with Gasteiger partial charge >= 0.3 is 6.09 Å². The molecule has 0 radical (unpaired) electrons. The predicted octanol–water partition coefficient (Wildman–Crippen LogP) is 4.59. The number of phenols is 2. The molecule has 1 aliphatic heterocycles. The Morgan fingerprint density at radius 1 is 1.00 bits per heavy atom. The van der Waals surface area contributed by atoms with Crippen LogP contribution in [0.25, 0.3) is 0 Å². The highest BCUT2D eigenvalue weighted by atomic mass is 16.6. The molecule has 1 aliphatic rings. The first-order valence-electron chi connectivity index (χ1n) is 12.9. The molecule has 0 spiro atoms. The molecule has 39 heavy (non-hydrogen) atoms. The van der Waals surface area contributed by atoms with Crippen molar-refractivity contribution in [1.82, 2.24) is 0 Å². The van der Waals surface area contributed by atoms with Crippen LogP contribution in [0.4, 0.5) is 10.5 Å². The summed E-state index contributed by atoms with van der Waals surface area (Å²) in [6.07, 6.45) is 6.28. The summed E-state index contributed by atoms with van der Waals surface area (Å²) in [6.45, 7) is 7.38. The molecule has 0 saturated heterocycles. The minimum Gasteiger partial charge on any atom is -0.508 e. The van der Waals surface area contributed by atoms with E-state index in [0.717, 1.165) is 0 Å². The Bertz CT molecular complexity index is 1080. The zero-order valence-corrected chi connectivity index (χ0v) is 23.7. The molecule has 0 aromatic heterocycles. The maximum absolute atomic E-state index is 12.9.